The third-order valence-electron chi connectivity index (χ3n) is 3.71. The van der Waals surface area contributed by atoms with E-state index in [2.05, 4.69) is 15.1 Å². The summed E-state index contributed by atoms with van der Waals surface area (Å²) in [5.74, 6) is 0. The number of hydrogen-bond acceptors (Lipinski definition) is 5. The van der Waals surface area contributed by atoms with E-state index in [0.717, 1.165) is 19.5 Å². The Hall–Kier alpha value is -0.960. The summed E-state index contributed by atoms with van der Waals surface area (Å²) in [5, 5.41) is 6.72. The third kappa shape index (κ3) is 2.73. The number of nitrogens with two attached hydrogens (primary N) is 1. The zero-order chi connectivity index (χ0) is 14.9. The van der Waals surface area contributed by atoms with Crippen LogP contribution in [0.15, 0.2) is 4.90 Å². The molecule has 1 aliphatic heterocycles. The van der Waals surface area contributed by atoms with Gasteiger partial charge in [0.1, 0.15) is 4.90 Å². The van der Waals surface area contributed by atoms with Crippen LogP contribution in [0.3, 0.4) is 0 Å². The summed E-state index contributed by atoms with van der Waals surface area (Å²) < 4.78 is 27.4. The molecule has 114 valence electrons. The minimum atomic E-state index is -3.56. The molecule has 1 saturated heterocycles. The van der Waals surface area contributed by atoms with E-state index < -0.39 is 10.0 Å². The quantitative estimate of drug-likeness (QED) is 0.812. The van der Waals surface area contributed by atoms with Gasteiger partial charge < -0.3 is 10.6 Å². The van der Waals surface area contributed by atoms with Crippen LogP contribution in [0.25, 0.3) is 0 Å². The number of likely N-dealkylation sites (N-methyl/N-ethyl adjacent to an activating group) is 1. The second kappa shape index (κ2) is 5.80. The normalized spacial score (nSPS) is 22.9. The molecule has 0 bridgehead atoms. The standard InChI is InChI=1S/C12H23N5O2S/c1-9-8-16(3)5-4-6-17(9)20(18,19)12-10(2)14-15-11(12)7-13/h9H,4-8,13H2,1-3H3,(H,14,15). The van der Waals surface area contributed by atoms with Gasteiger partial charge in [-0.2, -0.15) is 9.40 Å². The van der Waals surface area contributed by atoms with Crippen molar-refractivity contribution in [2.24, 2.45) is 5.73 Å². The van der Waals surface area contributed by atoms with Gasteiger partial charge in [0.25, 0.3) is 0 Å². The maximum Gasteiger partial charge on any atom is 0.247 e. The van der Waals surface area contributed by atoms with Gasteiger partial charge in [0.05, 0.1) is 11.4 Å². The molecule has 8 heteroatoms. The molecule has 0 aliphatic carbocycles. The molecule has 0 radical (unpaired) electrons. The average Bonchev–Trinajstić information content (AvgIpc) is 2.66. The van der Waals surface area contributed by atoms with Gasteiger partial charge in [0, 0.05) is 25.7 Å². The summed E-state index contributed by atoms with van der Waals surface area (Å²) in [4.78, 5) is 2.41. The summed E-state index contributed by atoms with van der Waals surface area (Å²) >= 11 is 0. The maximum absolute atomic E-state index is 12.9. The van der Waals surface area contributed by atoms with E-state index in [-0.39, 0.29) is 17.5 Å². The minimum Gasteiger partial charge on any atom is -0.325 e. The van der Waals surface area contributed by atoms with E-state index in [1.165, 1.54) is 0 Å². The predicted molar refractivity (Wildman–Crippen MR) is 76.7 cm³/mol. The van der Waals surface area contributed by atoms with Gasteiger partial charge in [-0.1, -0.05) is 0 Å². The monoisotopic (exact) mass is 301 g/mol. The Morgan fingerprint density at radius 2 is 2.15 bits per heavy atom. The number of sulfonamides is 1. The zero-order valence-electron chi connectivity index (χ0n) is 12.3. The molecular formula is C12H23N5O2S. The van der Waals surface area contributed by atoms with Gasteiger partial charge in [-0.3, -0.25) is 5.10 Å². The fourth-order valence-corrected chi connectivity index (χ4v) is 4.78. The Labute approximate surface area is 120 Å². The molecule has 1 fully saturated rings. The van der Waals surface area contributed by atoms with Crippen LogP contribution in [0.1, 0.15) is 24.7 Å². The van der Waals surface area contributed by atoms with Crippen molar-refractivity contribution in [3.8, 4) is 0 Å². The van der Waals surface area contributed by atoms with Gasteiger partial charge in [0.15, 0.2) is 0 Å². The molecule has 7 nitrogen and oxygen atoms in total. The predicted octanol–water partition coefficient (Wildman–Crippen LogP) is -0.108. The van der Waals surface area contributed by atoms with Crippen LogP contribution >= 0.6 is 0 Å². The molecule has 1 unspecified atom stereocenters. The first kappa shape index (κ1) is 15.4. The van der Waals surface area contributed by atoms with Crippen molar-refractivity contribution in [2.75, 3.05) is 26.7 Å². The van der Waals surface area contributed by atoms with Gasteiger partial charge in [0.2, 0.25) is 10.0 Å². The van der Waals surface area contributed by atoms with Crippen LogP contribution in [0, 0.1) is 6.92 Å². The second-order valence-corrected chi connectivity index (χ2v) is 7.24. The van der Waals surface area contributed by atoms with Crippen LogP contribution in [0.2, 0.25) is 0 Å². The topological polar surface area (TPSA) is 95.3 Å². The van der Waals surface area contributed by atoms with Gasteiger partial charge >= 0.3 is 0 Å². The summed E-state index contributed by atoms with van der Waals surface area (Å²) in [6.07, 6.45) is 0.828. The largest absolute Gasteiger partial charge is 0.325 e. The van der Waals surface area contributed by atoms with Crippen molar-refractivity contribution >= 4 is 10.0 Å². The third-order valence-corrected chi connectivity index (χ3v) is 5.92. The van der Waals surface area contributed by atoms with Crippen LogP contribution < -0.4 is 5.73 Å². The number of nitrogens with zero attached hydrogens (tertiary/aromatic N) is 3. The minimum absolute atomic E-state index is 0.0626. The lowest BCUT2D eigenvalue weighted by Gasteiger charge is -2.27. The Morgan fingerprint density at radius 1 is 1.45 bits per heavy atom. The number of rotatable bonds is 3. The van der Waals surface area contributed by atoms with Crippen molar-refractivity contribution in [1.82, 2.24) is 19.4 Å². The summed E-state index contributed by atoms with van der Waals surface area (Å²) in [5.41, 5.74) is 6.56. The van der Waals surface area contributed by atoms with Gasteiger partial charge in [-0.05, 0) is 33.9 Å². The summed E-state index contributed by atoms with van der Waals surface area (Å²) in [6.45, 7) is 5.94. The first-order valence-corrected chi connectivity index (χ1v) is 8.26. The van der Waals surface area contributed by atoms with Crippen LogP contribution in [-0.2, 0) is 16.6 Å². The SMILES string of the molecule is Cc1[nH]nc(CN)c1S(=O)(=O)N1CCCN(C)CC1C. The highest BCUT2D eigenvalue weighted by Crippen LogP contribution is 2.25. The highest BCUT2D eigenvalue weighted by molar-refractivity contribution is 7.89. The van der Waals surface area contributed by atoms with Crippen molar-refractivity contribution in [3.63, 3.8) is 0 Å². The Kier molecular flexibility index (Phi) is 4.48. The molecule has 1 atom stereocenters. The molecule has 20 heavy (non-hydrogen) atoms. The Bertz CT molecular complexity index is 568. The summed E-state index contributed by atoms with van der Waals surface area (Å²) in [6, 6.07) is -0.0626. The van der Waals surface area contributed by atoms with Crippen LogP contribution in [-0.4, -0.2) is 60.5 Å². The van der Waals surface area contributed by atoms with Crippen molar-refractivity contribution in [3.05, 3.63) is 11.4 Å². The molecule has 1 aromatic heterocycles. The first-order chi connectivity index (χ1) is 9.37. The van der Waals surface area contributed by atoms with E-state index in [1.54, 1.807) is 11.2 Å². The molecule has 3 N–H and O–H groups in total. The highest BCUT2D eigenvalue weighted by Gasteiger charge is 2.34. The first-order valence-electron chi connectivity index (χ1n) is 6.82. The lowest BCUT2D eigenvalue weighted by atomic mass is 10.3. The number of aromatic nitrogens is 2. The van der Waals surface area contributed by atoms with Gasteiger partial charge in [-0.15, -0.1) is 0 Å². The van der Waals surface area contributed by atoms with E-state index in [1.807, 2.05) is 14.0 Å². The fraction of sp³-hybridized carbons (Fsp3) is 0.750. The van der Waals surface area contributed by atoms with Crippen LogP contribution in [0.5, 0.6) is 0 Å². The molecule has 0 amide bonds. The van der Waals surface area contributed by atoms with Crippen molar-refractivity contribution in [1.29, 1.82) is 0 Å². The molecule has 0 spiro atoms. The van der Waals surface area contributed by atoms with E-state index in [4.69, 9.17) is 5.73 Å². The lowest BCUT2D eigenvalue weighted by molar-refractivity contribution is 0.290. The molecule has 0 aromatic carbocycles. The molecular weight excluding hydrogens is 278 g/mol. The fourth-order valence-electron chi connectivity index (χ4n) is 2.77. The van der Waals surface area contributed by atoms with E-state index in [9.17, 15) is 8.42 Å². The van der Waals surface area contributed by atoms with E-state index >= 15 is 0 Å². The highest BCUT2D eigenvalue weighted by atomic mass is 32.2. The van der Waals surface area contributed by atoms with Gasteiger partial charge in [-0.25, -0.2) is 8.42 Å². The van der Waals surface area contributed by atoms with E-state index in [0.29, 0.717) is 17.9 Å². The molecule has 2 heterocycles. The number of nitrogens with one attached hydrogen (secondary N) is 1. The summed E-state index contributed by atoms with van der Waals surface area (Å²) in [7, 11) is -1.54. The molecule has 0 saturated carbocycles. The Morgan fingerprint density at radius 3 is 2.80 bits per heavy atom. The van der Waals surface area contributed by atoms with Crippen molar-refractivity contribution < 1.29 is 8.42 Å². The average molecular weight is 301 g/mol. The lowest BCUT2D eigenvalue weighted by Crippen LogP contribution is -2.42. The maximum atomic E-state index is 12.9. The Balaban J connectivity index is 2.41. The molecule has 1 aliphatic rings. The molecule has 2 rings (SSSR count). The number of aryl methyl sites for hydroxylation is 1. The zero-order valence-corrected chi connectivity index (χ0v) is 13.1. The second-order valence-electron chi connectivity index (χ2n) is 5.41. The number of hydrogen-bond donors (Lipinski definition) is 2. The van der Waals surface area contributed by atoms with Crippen LogP contribution in [0.4, 0.5) is 0 Å². The molecule has 1 aromatic rings. The number of H-pyrrole nitrogens is 1. The smallest absolute Gasteiger partial charge is 0.247 e. The number of aromatic amines is 1. The van der Waals surface area contributed by atoms with Crippen molar-refractivity contribution in [2.45, 2.75) is 37.8 Å².